The van der Waals surface area contributed by atoms with Crippen molar-refractivity contribution < 1.29 is 24.7 Å². The van der Waals surface area contributed by atoms with Crippen LogP contribution in [0.4, 0.5) is 0 Å². The molecule has 0 atom stereocenters. The average molecular weight is 212 g/mol. The molecule has 0 heterocycles. The third kappa shape index (κ3) is 1.69. The van der Waals surface area contributed by atoms with E-state index in [0.29, 0.717) is 5.41 Å². The van der Waals surface area contributed by atoms with Gasteiger partial charge in [0.05, 0.1) is 0 Å². The van der Waals surface area contributed by atoms with Gasteiger partial charge in [0.1, 0.15) is 0 Å². The molecule has 0 nitrogen and oxygen atoms in total. The summed E-state index contributed by atoms with van der Waals surface area (Å²) in [5.74, 6) is 0. The fourth-order valence-electron chi connectivity index (χ4n) is 1.21. The van der Waals surface area contributed by atoms with Gasteiger partial charge in [0.15, 0.2) is 0 Å². The van der Waals surface area contributed by atoms with E-state index in [-0.39, 0.29) is 0 Å². The normalized spacial score (nSPS) is 18.6. The zero-order valence-electron chi connectivity index (χ0n) is 6.86. The second kappa shape index (κ2) is 2.77. The van der Waals surface area contributed by atoms with Crippen LogP contribution in [0.15, 0.2) is 21.0 Å². The van der Waals surface area contributed by atoms with Crippen LogP contribution in [0.2, 0.25) is 0 Å². The molecule has 0 N–H and O–H groups in total. The van der Waals surface area contributed by atoms with Crippen LogP contribution >= 0.6 is 0 Å². The first-order valence-electron chi connectivity index (χ1n) is 3.63. The molecule has 0 aromatic heterocycles. The van der Waals surface area contributed by atoms with Crippen LogP contribution in [0.3, 0.4) is 0 Å². The summed E-state index contributed by atoms with van der Waals surface area (Å²) in [5, 5.41) is 0. The topological polar surface area (TPSA) is 0 Å². The summed E-state index contributed by atoms with van der Waals surface area (Å²) in [6.07, 6.45) is 5.75. The summed E-state index contributed by atoms with van der Waals surface area (Å²) in [6.45, 7) is 6.84. The van der Waals surface area contributed by atoms with Gasteiger partial charge < -0.3 is 0 Å². The van der Waals surface area contributed by atoms with E-state index in [2.05, 4.69) is 32.9 Å². The Hall–Kier alpha value is 0.363. The Balaban J connectivity index is 2.91. The van der Waals surface area contributed by atoms with Gasteiger partial charge in [-0.05, 0) is 0 Å². The summed E-state index contributed by atoms with van der Waals surface area (Å²) in [4.78, 5) is 0. The molecule has 1 aliphatic carbocycles. The molecule has 0 aromatic rings. The fraction of sp³-hybridized carbons (Fsp3) is 0.556. The molecule has 0 saturated carbocycles. The summed E-state index contributed by atoms with van der Waals surface area (Å²) in [5.41, 5.74) is 1.93. The molecule has 0 spiro atoms. The predicted octanol–water partition coefficient (Wildman–Crippen LogP) is 2.79. The van der Waals surface area contributed by atoms with Gasteiger partial charge in [0, 0.05) is 0 Å². The van der Waals surface area contributed by atoms with E-state index in [0.717, 1.165) is 0 Å². The number of hydrogen-bond acceptors (Lipinski definition) is 0. The van der Waals surface area contributed by atoms with Crippen LogP contribution in [-0.4, -0.2) is 0 Å². The molecule has 0 fully saturated rings. The van der Waals surface area contributed by atoms with Gasteiger partial charge in [-0.15, -0.1) is 0 Å². The van der Waals surface area contributed by atoms with E-state index >= 15 is 0 Å². The van der Waals surface area contributed by atoms with Crippen LogP contribution in [0.25, 0.3) is 0 Å². The third-order valence-corrected chi connectivity index (χ3v) is 2.90. The van der Waals surface area contributed by atoms with Crippen molar-refractivity contribution in [2.75, 3.05) is 0 Å². The summed E-state index contributed by atoms with van der Waals surface area (Å²) < 4.78 is 1.62. The van der Waals surface area contributed by atoms with Crippen molar-refractivity contribution in [3.05, 3.63) is 21.0 Å². The van der Waals surface area contributed by atoms with Crippen molar-refractivity contribution in [1.82, 2.24) is 0 Å². The molecular formula is C9H13Zr. The number of hydrogen-bond donors (Lipinski definition) is 0. The molecular weight excluding hydrogens is 199 g/mol. The first-order valence-corrected chi connectivity index (χ1v) is 4.86. The van der Waals surface area contributed by atoms with Crippen molar-refractivity contribution >= 4 is 0 Å². The van der Waals surface area contributed by atoms with E-state index in [4.69, 9.17) is 0 Å². The molecule has 0 bridgehead atoms. The Bertz CT molecular complexity index is 191. The molecule has 0 unspecified atom stereocenters. The molecule has 0 aromatic carbocycles. The molecule has 1 heteroatoms. The van der Waals surface area contributed by atoms with Crippen LogP contribution in [0.5, 0.6) is 0 Å². The summed E-state index contributed by atoms with van der Waals surface area (Å²) >= 11 is 1.58. The first-order chi connectivity index (χ1) is 4.52. The first kappa shape index (κ1) is 8.46. The van der Waals surface area contributed by atoms with Gasteiger partial charge >= 0.3 is 78.3 Å². The van der Waals surface area contributed by atoms with Crippen molar-refractivity contribution in [2.24, 2.45) is 5.41 Å². The van der Waals surface area contributed by atoms with Crippen molar-refractivity contribution in [1.29, 1.82) is 0 Å². The summed E-state index contributed by atoms with van der Waals surface area (Å²) in [7, 11) is 0. The van der Waals surface area contributed by atoms with Gasteiger partial charge in [-0.2, -0.15) is 0 Å². The Labute approximate surface area is 78.2 Å². The molecule has 0 amide bonds. The molecule has 1 aliphatic rings. The van der Waals surface area contributed by atoms with Crippen LogP contribution < -0.4 is 0 Å². The van der Waals surface area contributed by atoms with E-state index in [9.17, 15) is 0 Å². The van der Waals surface area contributed by atoms with Crippen LogP contribution in [0, 0.1) is 5.41 Å². The minimum absolute atomic E-state index is 0.367. The van der Waals surface area contributed by atoms with E-state index < -0.39 is 0 Å². The molecule has 53 valence electrons. The van der Waals surface area contributed by atoms with Gasteiger partial charge in [-0.25, -0.2) is 0 Å². The minimum atomic E-state index is 0.367. The second-order valence-corrected chi connectivity index (χ2v) is 5.23. The van der Waals surface area contributed by atoms with Gasteiger partial charge in [-0.1, -0.05) is 0 Å². The Kier molecular flexibility index (Phi) is 2.35. The van der Waals surface area contributed by atoms with Crippen LogP contribution in [0.1, 0.15) is 27.2 Å². The fourth-order valence-corrected chi connectivity index (χ4v) is 2.62. The zero-order valence-corrected chi connectivity index (χ0v) is 9.32. The van der Waals surface area contributed by atoms with Crippen LogP contribution in [-0.2, 0) is 24.7 Å². The van der Waals surface area contributed by atoms with Gasteiger partial charge in [-0.3, -0.25) is 0 Å². The van der Waals surface area contributed by atoms with Gasteiger partial charge in [0.2, 0.25) is 0 Å². The molecule has 1 rings (SSSR count). The molecule has 0 saturated heterocycles. The van der Waals surface area contributed by atoms with Crippen molar-refractivity contribution in [2.45, 2.75) is 27.2 Å². The quantitative estimate of drug-likeness (QED) is 0.579. The number of allylic oxidation sites excluding steroid dienone is 4. The number of rotatable bonds is 0. The maximum atomic E-state index is 2.28. The molecule has 10 heavy (non-hydrogen) atoms. The van der Waals surface area contributed by atoms with Crippen molar-refractivity contribution in [3.63, 3.8) is 0 Å². The summed E-state index contributed by atoms with van der Waals surface area (Å²) in [6, 6.07) is 0. The van der Waals surface area contributed by atoms with Crippen molar-refractivity contribution in [3.8, 4) is 0 Å². The van der Waals surface area contributed by atoms with E-state index in [1.54, 1.807) is 33.6 Å². The molecule has 0 aliphatic heterocycles. The standard InChI is InChI=1S/C9H13.Zr/c1-9(2,3)8-6-4-5-7-8;/h4,6H,5H2,1-3H3;. The maximum absolute atomic E-state index is 2.28. The average Bonchev–Trinajstić information content (AvgIpc) is 2.11. The monoisotopic (exact) mass is 211 g/mol. The second-order valence-electron chi connectivity index (χ2n) is 3.75. The molecule has 0 radical (unpaired) electrons. The van der Waals surface area contributed by atoms with E-state index in [1.807, 2.05) is 0 Å². The Morgan fingerprint density at radius 3 is 2.20 bits per heavy atom. The van der Waals surface area contributed by atoms with E-state index in [1.165, 1.54) is 6.42 Å². The third-order valence-electron chi connectivity index (χ3n) is 1.74. The Morgan fingerprint density at radius 2 is 2.00 bits per heavy atom. The Morgan fingerprint density at radius 1 is 1.40 bits per heavy atom. The van der Waals surface area contributed by atoms with Gasteiger partial charge in [0.25, 0.3) is 0 Å². The predicted molar refractivity (Wildman–Crippen MR) is 40.2 cm³/mol. The zero-order chi connectivity index (χ0) is 7.78. The SMILES string of the molecule is CC(C)(C)C1=[C]([Zr])CC=C1.